The fraction of sp³-hybridized carbons (Fsp3) is 0.375. The second kappa shape index (κ2) is 9.56. The predicted molar refractivity (Wildman–Crippen MR) is 143 cm³/mol. The molecule has 4 aromatic heterocycles. The van der Waals surface area contributed by atoms with Crippen LogP contribution in [0.5, 0.6) is 0 Å². The number of ether oxygens (including phenoxy) is 1. The van der Waals surface area contributed by atoms with E-state index in [4.69, 9.17) is 25.4 Å². The van der Waals surface area contributed by atoms with Crippen molar-refractivity contribution in [3.05, 3.63) is 36.3 Å². The van der Waals surface area contributed by atoms with Gasteiger partial charge in [-0.3, -0.25) is 0 Å². The number of nitrogens with zero attached hydrogens (tertiary/aromatic N) is 7. The number of hydrogen-bond acceptors (Lipinski definition) is 11. The van der Waals surface area contributed by atoms with Crippen LogP contribution in [0, 0.1) is 6.92 Å². The number of aromatic nitrogens is 5. The van der Waals surface area contributed by atoms with E-state index in [1.165, 1.54) is 4.88 Å². The minimum atomic E-state index is 0.233. The van der Waals surface area contributed by atoms with Gasteiger partial charge in [-0.15, -0.1) is 11.3 Å². The average molecular weight is 507 g/mol. The Morgan fingerprint density at radius 2 is 1.63 bits per heavy atom. The molecule has 0 unspecified atom stereocenters. The van der Waals surface area contributed by atoms with Crippen LogP contribution < -0.4 is 15.5 Å². The highest BCUT2D eigenvalue weighted by Crippen LogP contribution is 2.42. The number of nitrogens with two attached hydrogens (primary N) is 1. The molecule has 0 aromatic carbocycles. The summed E-state index contributed by atoms with van der Waals surface area (Å²) in [5.41, 5.74) is 9.62. The minimum absolute atomic E-state index is 0.233. The second-order valence-corrected chi connectivity index (χ2v) is 10.8. The summed E-state index contributed by atoms with van der Waals surface area (Å²) in [6.07, 6.45) is 5.35. The van der Waals surface area contributed by atoms with E-state index in [1.807, 2.05) is 18.0 Å². The summed E-state index contributed by atoms with van der Waals surface area (Å²) in [4.78, 5) is 28.8. The molecule has 2 saturated heterocycles. The highest BCUT2D eigenvalue weighted by Gasteiger charge is 2.23. The van der Waals surface area contributed by atoms with Crippen LogP contribution >= 0.6 is 23.1 Å². The third kappa shape index (κ3) is 4.39. The molecule has 0 bridgehead atoms. The maximum Gasteiger partial charge on any atom is 0.219 e. The zero-order valence-corrected chi connectivity index (χ0v) is 21.1. The second-order valence-electron chi connectivity index (χ2n) is 8.54. The third-order valence-corrected chi connectivity index (χ3v) is 8.60. The van der Waals surface area contributed by atoms with Crippen molar-refractivity contribution >= 4 is 50.9 Å². The average Bonchev–Trinajstić information content (AvgIpc) is 3.26. The molecule has 6 rings (SSSR count). The molecule has 35 heavy (non-hydrogen) atoms. The molecule has 11 heteroatoms. The first-order chi connectivity index (χ1) is 17.2. The minimum Gasteiger partial charge on any atom is -0.378 e. The number of fused-ring (bicyclic) bond motifs is 1. The molecule has 0 aliphatic carbocycles. The van der Waals surface area contributed by atoms with Gasteiger partial charge >= 0.3 is 0 Å². The van der Waals surface area contributed by atoms with Gasteiger partial charge in [-0.05, 0) is 24.6 Å². The van der Waals surface area contributed by atoms with E-state index in [9.17, 15) is 0 Å². The van der Waals surface area contributed by atoms with Crippen LogP contribution in [0.2, 0.25) is 0 Å². The standard InChI is InChI=1S/C24H26N8OS2/c1-15-19-21(35-20(15)16-2-3-18(26-12-16)31-6-10-34-11-7-31)23(32-4-8-33-9-5-32)30-22(29-19)17-13-27-24(25)28-14-17/h2-3,12-14H,4-11H2,1H3,(H2,25,27,28). The molecular weight excluding hydrogens is 480 g/mol. The van der Waals surface area contributed by atoms with Gasteiger partial charge in [0.05, 0.1) is 29.0 Å². The van der Waals surface area contributed by atoms with E-state index < -0.39 is 0 Å². The third-order valence-electron chi connectivity index (χ3n) is 6.33. The van der Waals surface area contributed by atoms with Crippen LogP contribution in [0.4, 0.5) is 17.6 Å². The number of anilines is 3. The van der Waals surface area contributed by atoms with Gasteiger partial charge in [-0.25, -0.2) is 24.9 Å². The Labute approximate surface area is 211 Å². The molecule has 2 fully saturated rings. The van der Waals surface area contributed by atoms with Crippen LogP contribution in [-0.2, 0) is 4.74 Å². The Kier molecular flexibility index (Phi) is 6.13. The van der Waals surface area contributed by atoms with E-state index in [2.05, 4.69) is 38.8 Å². The molecule has 2 aliphatic rings. The topological polar surface area (TPSA) is 106 Å². The summed E-state index contributed by atoms with van der Waals surface area (Å²) >= 11 is 3.73. The van der Waals surface area contributed by atoms with Crippen molar-refractivity contribution in [2.24, 2.45) is 0 Å². The molecular formula is C24H26N8OS2. The van der Waals surface area contributed by atoms with Gasteiger partial charge in [0.1, 0.15) is 5.82 Å². The van der Waals surface area contributed by atoms with Crippen molar-refractivity contribution in [3.63, 3.8) is 0 Å². The van der Waals surface area contributed by atoms with Crippen molar-refractivity contribution in [1.29, 1.82) is 0 Å². The summed E-state index contributed by atoms with van der Waals surface area (Å²) in [7, 11) is 0. The van der Waals surface area contributed by atoms with E-state index in [0.29, 0.717) is 19.0 Å². The van der Waals surface area contributed by atoms with Crippen LogP contribution in [0.25, 0.3) is 32.0 Å². The number of pyridine rings is 1. The monoisotopic (exact) mass is 506 g/mol. The lowest BCUT2D eigenvalue weighted by Crippen LogP contribution is -2.36. The Morgan fingerprint density at radius 3 is 2.34 bits per heavy atom. The lowest BCUT2D eigenvalue weighted by atomic mass is 10.1. The van der Waals surface area contributed by atoms with Crippen molar-refractivity contribution in [2.75, 3.05) is 66.4 Å². The SMILES string of the molecule is Cc1c(-c2ccc(N3CCSCC3)nc2)sc2c(N3CCOCC3)nc(-c3cnc(N)nc3)nc12. The quantitative estimate of drug-likeness (QED) is 0.442. The largest absolute Gasteiger partial charge is 0.378 e. The van der Waals surface area contributed by atoms with E-state index in [1.54, 1.807) is 23.7 Å². The lowest BCUT2D eigenvalue weighted by Gasteiger charge is -2.28. The summed E-state index contributed by atoms with van der Waals surface area (Å²) in [6, 6.07) is 4.32. The van der Waals surface area contributed by atoms with E-state index in [-0.39, 0.29) is 5.95 Å². The molecule has 180 valence electrons. The number of thiophene rings is 1. The molecule has 0 atom stereocenters. The Balaban J connectivity index is 1.44. The zero-order valence-electron chi connectivity index (χ0n) is 19.5. The summed E-state index contributed by atoms with van der Waals surface area (Å²) in [5, 5.41) is 0. The van der Waals surface area contributed by atoms with Gasteiger partial charge in [0, 0.05) is 66.7 Å². The fourth-order valence-corrected chi connectivity index (χ4v) is 6.58. The first-order valence-electron chi connectivity index (χ1n) is 11.7. The molecule has 0 spiro atoms. The number of hydrogen-bond donors (Lipinski definition) is 1. The molecule has 0 amide bonds. The van der Waals surface area contributed by atoms with Gasteiger partial charge in [0.25, 0.3) is 0 Å². The predicted octanol–water partition coefficient (Wildman–Crippen LogP) is 3.49. The first kappa shape index (κ1) is 22.4. The maximum absolute atomic E-state index is 5.70. The number of morpholine rings is 1. The van der Waals surface area contributed by atoms with Crippen molar-refractivity contribution in [2.45, 2.75) is 6.92 Å². The van der Waals surface area contributed by atoms with Crippen LogP contribution in [0.3, 0.4) is 0 Å². The van der Waals surface area contributed by atoms with Gasteiger partial charge in [0.2, 0.25) is 5.95 Å². The first-order valence-corrected chi connectivity index (χ1v) is 13.7. The maximum atomic E-state index is 5.70. The number of thioether (sulfide) groups is 1. The molecule has 9 nitrogen and oxygen atoms in total. The number of nitrogen functional groups attached to an aromatic ring is 1. The van der Waals surface area contributed by atoms with Gasteiger partial charge in [-0.1, -0.05) is 0 Å². The zero-order chi connectivity index (χ0) is 23.8. The number of rotatable bonds is 4. The highest BCUT2D eigenvalue weighted by atomic mass is 32.2. The van der Waals surface area contributed by atoms with Gasteiger partial charge in [-0.2, -0.15) is 11.8 Å². The van der Waals surface area contributed by atoms with Crippen molar-refractivity contribution in [1.82, 2.24) is 24.9 Å². The smallest absolute Gasteiger partial charge is 0.219 e. The Hall–Kier alpha value is -3.02. The van der Waals surface area contributed by atoms with Gasteiger partial charge < -0.3 is 20.3 Å². The Bertz CT molecular complexity index is 1330. The fourth-order valence-electron chi connectivity index (χ4n) is 4.42. The molecule has 6 heterocycles. The van der Waals surface area contributed by atoms with Crippen LogP contribution in [0.15, 0.2) is 30.7 Å². The molecule has 0 saturated carbocycles. The van der Waals surface area contributed by atoms with Crippen molar-refractivity contribution < 1.29 is 4.74 Å². The Morgan fingerprint density at radius 1 is 0.886 bits per heavy atom. The summed E-state index contributed by atoms with van der Waals surface area (Å²) < 4.78 is 6.67. The van der Waals surface area contributed by atoms with E-state index >= 15 is 0 Å². The molecule has 4 aromatic rings. The normalized spacial score (nSPS) is 16.7. The van der Waals surface area contributed by atoms with Crippen LogP contribution in [0.1, 0.15) is 5.56 Å². The highest BCUT2D eigenvalue weighted by molar-refractivity contribution is 7.99. The summed E-state index contributed by atoms with van der Waals surface area (Å²) in [6.45, 7) is 7.18. The molecule has 0 radical (unpaired) electrons. The van der Waals surface area contributed by atoms with Crippen LogP contribution in [-0.4, -0.2) is 75.8 Å². The lowest BCUT2D eigenvalue weighted by molar-refractivity contribution is 0.122. The molecule has 2 aliphatic heterocycles. The van der Waals surface area contributed by atoms with E-state index in [0.717, 1.165) is 76.2 Å². The number of aryl methyl sites for hydroxylation is 1. The summed E-state index contributed by atoms with van der Waals surface area (Å²) in [5.74, 6) is 5.12. The van der Waals surface area contributed by atoms with Crippen molar-refractivity contribution in [3.8, 4) is 21.8 Å². The van der Waals surface area contributed by atoms with Gasteiger partial charge in [0.15, 0.2) is 11.6 Å². The molecule has 2 N–H and O–H groups in total.